The summed E-state index contributed by atoms with van der Waals surface area (Å²) in [5, 5.41) is -0.231. The third-order valence-electron chi connectivity index (χ3n) is 3.90. The zero-order valence-corrected chi connectivity index (χ0v) is 16.6. The van der Waals surface area contributed by atoms with E-state index in [2.05, 4.69) is 0 Å². The molecule has 1 fully saturated rings. The third-order valence-corrected chi connectivity index (χ3v) is 5.23. The van der Waals surface area contributed by atoms with Crippen LogP contribution in [0.4, 0.5) is 0 Å². The standard InChI is InChI=1S/C19H24O7S/c1-11-16(24-12(2)20)17(23-10-15-8-6-5-7-9-15)18(25-13(3)21)19(27-11)26-14(4)22/h5-9,11,16-19H,10H2,1-4H3/t11-,16+,17-,18+,19+/m0/s1. The van der Waals surface area contributed by atoms with Crippen molar-refractivity contribution in [1.82, 2.24) is 0 Å². The highest BCUT2D eigenvalue weighted by Gasteiger charge is 2.50. The van der Waals surface area contributed by atoms with Crippen LogP contribution in [0.1, 0.15) is 33.3 Å². The van der Waals surface area contributed by atoms with Gasteiger partial charge < -0.3 is 18.9 Å². The van der Waals surface area contributed by atoms with E-state index in [0.29, 0.717) is 0 Å². The molecule has 0 spiro atoms. The van der Waals surface area contributed by atoms with Gasteiger partial charge in [-0.25, -0.2) is 0 Å². The van der Waals surface area contributed by atoms with Crippen LogP contribution in [0.25, 0.3) is 0 Å². The van der Waals surface area contributed by atoms with E-state index in [1.807, 2.05) is 37.3 Å². The molecule has 27 heavy (non-hydrogen) atoms. The van der Waals surface area contributed by atoms with E-state index in [4.69, 9.17) is 18.9 Å². The Morgan fingerprint density at radius 3 is 1.96 bits per heavy atom. The second kappa shape index (κ2) is 9.75. The molecule has 0 saturated carbocycles. The van der Waals surface area contributed by atoms with Crippen molar-refractivity contribution in [2.75, 3.05) is 0 Å². The van der Waals surface area contributed by atoms with Gasteiger partial charge >= 0.3 is 17.9 Å². The van der Waals surface area contributed by atoms with Crippen molar-refractivity contribution >= 4 is 29.7 Å². The molecule has 5 atom stereocenters. The monoisotopic (exact) mass is 396 g/mol. The number of hydrogen-bond donors (Lipinski definition) is 0. The Labute approximate surface area is 162 Å². The minimum absolute atomic E-state index is 0.227. The molecule has 0 amide bonds. The summed E-state index contributed by atoms with van der Waals surface area (Å²) in [6.07, 6.45) is -2.34. The van der Waals surface area contributed by atoms with Crippen LogP contribution in [0.2, 0.25) is 0 Å². The van der Waals surface area contributed by atoms with Crippen LogP contribution in [0.15, 0.2) is 30.3 Å². The number of carbonyl (C=O) groups excluding carboxylic acids is 3. The van der Waals surface area contributed by atoms with Gasteiger partial charge in [-0.1, -0.05) is 30.3 Å². The topological polar surface area (TPSA) is 88.1 Å². The van der Waals surface area contributed by atoms with Crippen molar-refractivity contribution < 1.29 is 33.3 Å². The number of carbonyl (C=O) groups is 3. The molecule has 1 aromatic carbocycles. The van der Waals surface area contributed by atoms with E-state index in [-0.39, 0.29) is 11.9 Å². The van der Waals surface area contributed by atoms with Crippen LogP contribution in [0, 0.1) is 0 Å². The summed E-state index contributed by atoms with van der Waals surface area (Å²) >= 11 is 1.26. The lowest BCUT2D eigenvalue weighted by molar-refractivity contribution is -0.191. The maximum Gasteiger partial charge on any atom is 0.303 e. The molecule has 0 aliphatic carbocycles. The van der Waals surface area contributed by atoms with E-state index < -0.39 is 41.7 Å². The number of ether oxygens (including phenoxy) is 4. The predicted molar refractivity (Wildman–Crippen MR) is 98.7 cm³/mol. The highest BCUT2D eigenvalue weighted by Crippen LogP contribution is 2.38. The molecule has 1 aromatic rings. The van der Waals surface area contributed by atoms with Gasteiger partial charge in [0.2, 0.25) is 0 Å². The zero-order valence-electron chi connectivity index (χ0n) is 15.7. The molecule has 148 valence electrons. The Morgan fingerprint density at radius 1 is 0.852 bits per heavy atom. The van der Waals surface area contributed by atoms with Gasteiger partial charge in [-0.15, -0.1) is 11.8 Å². The molecule has 0 aromatic heterocycles. The van der Waals surface area contributed by atoms with Crippen LogP contribution in [-0.4, -0.2) is 46.9 Å². The number of benzene rings is 1. The minimum atomic E-state index is -0.902. The molecule has 1 aliphatic heterocycles. The van der Waals surface area contributed by atoms with E-state index in [1.54, 1.807) is 0 Å². The lowest BCUT2D eigenvalue weighted by Gasteiger charge is -2.43. The summed E-state index contributed by atoms with van der Waals surface area (Å²) in [7, 11) is 0. The van der Waals surface area contributed by atoms with E-state index >= 15 is 0 Å². The SMILES string of the molecule is CC(=O)O[C@@H]1[C@@H](OCc2ccccc2)[C@H](OC(C)=O)[C@H](C)S[C@H]1OC(C)=O. The first-order chi connectivity index (χ1) is 12.8. The van der Waals surface area contributed by atoms with Gasteiger partial charge in [-0.3, -0.25) is 14.4 Å². The largest absolute Gasteiger partial charge is 0.458 e. The Hall–Kier alpha value is -2.06. The van der Waals surface area contributed by atoms with Gasteiger partial charge in [0.05, 0.1) is 6.61 Å². The fourth-order valence-electron chi connectivity index (χ4n) is 2.86. The fourth-order valence-corrected chi connectivity index (χ4v) is 4.20. The molecule has 0 N–H and O–H groups in total. The second-order valence-electron chi connectivity index (χ2n) is 6.23. The summed E-state index contributed by atoms with van der Waals surface area (Å²) < 4.78 is 22.2. The summed E-state index contributed by atoms with van der Waals surface area (Å²) in [5.74, 6) is -1.50. The quantitative estimate of drug-likeness (QED) is 0.535. The summed E-state index contributed by atoms with van der Waals surface area (Å²) in [4.78, 5) is 34.7. The second-order valence-corrected chi connectivity index (χ2v) is 7.71. The number of esters is 3. The minimum Gasteiger partial charge on any atom is -0.458 e. The molecular weight excluding hydrogens is 372 g/mol. The first kappa shape index (κ1) is 21.2. The van der Waals surface area contributed by atoms with Gasteiger partial charge in [-0.2, -0.15) is 0 Å². The van der Waals surface area contributed by atoms with Gasteiger partial charge in [0.15, 0.2) is 11.5 Å². The number of rotatable bonds is 6. The highest BCUT2D eigenvalue weighted by molar-refractivity contribution is 8.00. The van der Waals surface area contributed by atoms with Crippen LogP contribution < -0.4 is 0 Å². The van der Waals surface area contributed by atoms with E-state index in [0.717, 1.165) is 5.56 Å². The Kier molecular flexibility index (Phi) is 7.67. The van der Waals surface area contributed by atoms with Crippen molar-refractivity contribution in [1.29, 1.82) is 0 Å². The number of thioether (sulfide) groups is 1. The first-order valence-electron chi connectivity index (χ1n) is 8.60. The normalized spacial score (nSPS) is 27.5. The Morgan fingerprint density at radius 2 is 1.41 bits per heavy atom. The molecule has 1 heterocycles. The van der Waals surface area contributed by atoms with Crippen LogP contribution in [0.5, 0.6) is 0 Å². The van der Waals surface area contributed by atoms with Gasteiger partial charge in [0.1, 0.15) is 12.2 Å². The van der Waals surface area contributed by atoms with Crippen molar-refractivity contribution in [3.63, 3.8) is 0 Å². The van der Waals surface area contributed by atoms with Crippen molar-refractivity contribution in [3.05, 3.63) is 35.9 Å². The van der Waals surface area contributed by atoms with Crippen LogP contribution in [0.3, 0.4) is 0 Å². The molecule has 2 rings (SSSR count). The van der Waals surface area contributed by atoms with E-state index in [9.17, 15) is 14.4 Å². The van der Waals surface area contributed by atoms with Crippen molar-refractivity contribution in [2.24, 2.45) is 0 Å². The number of hydrogen-bond acceptors (Lipinski definition) is 8. The third kappa shape index (κ3) is 6.25. The lowest BCUT2D eigenvalue weighted by Crippen LogP contribution is -2.57. The molecule has 8 heteroatoms. The lowest BCUT2D eigenvalue weighted by atomic mass is 10.0. The zero-order chi connectivity index (χ0) is 20.0. The first-order valence-corrected chi connectivity index (χ1v) is 9.55. The van der Waals surface area contributed by atoms with Crippen molar-refractivity contribution in [2.45, 2.75) is 63.3 Å². The smallest absolute Gasteiger partial charge is 0.303 e. The fraction of sp³-hybridized carbons (Fsp3) is 0.526. The molecule has 0 bridgehead atoms. The molecule has 7 nitrogen and oxygen atoms in total. The van der Waals surface area contributed by atoms with Gasteiger partial charge in [0.25, 0.3) is 0 Å². The molecule has 1 saturated heterocycles. The Bertz CT molecular complexity index is 663. The maximum atomic E-state index is 11.6. The van der Waals surface area contributed by atoms with Gasteiger partial charge in [-0.05, 0) is 12.5 Å². The van der Waals surface area contributed by atoms with Crippen LogP contribution in [-0.2, 0) is 39.9 Å². The molecule has 0 radical (unpaired) electrons. The summed E-state index contributed by atoms with van der Waals surface area (Å²) in [5.41, 5.74) is 0.157. The van der Waals surface area contributed by atoms with E-state index in [1.165, 1.54) is 32.5 Å². The van der Waals surface area contributed by atoms with Crippen molar-refractivity contribution in [3.8, 4) is 0 Å². The maximum absolute atomic E-state index is 11.6. The average molecular weight is 396 g/mol. The summed E-state index contributed by atoms with van der Waals surface area (Å²) in [6, 6.07) is 9.45. The van der Waals surface area contributed by atoms with Gasteiger partial charge in [0, 0.05) is 26.0 Å². The highest BCUT2D eigenvalue weighted by atomic mass is 32.2. The predicted octanol–water partition coefficient (Wildman–Crippen LogP) is 2.46. The summed E-state index contributed by atoms with van der Waals surface area (Å²) in [6.45, 7) is 5.93. The average Bonchev–Trinajstić information content (AvgIpc) is 2.58. The molecule has 0 unspecified atom stereocenters. The Balaban J connectivity index is 2.29. The van der Waals surface area contributed by atoms with Crippen LogP contribution >= 0.6 is 11.8 Å². The molecular formula is C19H24O7S. The molecule has 1 aliphatic rings.